The number of carbonyl (C=O) groups excluding carboxylic acids is 1. The number of amides is 1. The van der Waals surface area contributed by atoms with Gasteiger partial charge in [-0.25, -0.2) is 0 Å². The number of carbonyl (C=O) groups is 1. The van der Waals surface area contributed by atoms with E-state index < -0.39 is 0 Å². The fraction of sp³-hybridized carbons (Fsp3) is 0.933. The van der Waals surface area contributed by atoms with Gasteiger partial charge < -0.3 is 15.5 Å². The van der Waals surface area contributed by atoms with Gasteiger partial charge in [0, 0.05) is 38.6 Å². The predicted octanol–water partition coefficient (Wildman–Crippen LogP) is 0.834. The zero-order chi connectivity index (χ0) is 13.1. The van der Waals surface area contributed by atoms with Crippen LogP contribution in [-0.2, 0) is 4.79 Å². The average Bonchev–Trinajstić information content (AvgIpc) is 3.19. The Morgan fingerprint density at radius 3 is 2.53 bits per heavy atom. The molecule has 0 aromatic rings. The van der Waals surface area contributed by atoms with Gasteiger partial charge in [-0.3, -0.25) is 4.79 Å². The van der Waals surface area contributed by atoms with Crippen LogP contribution in [0.15, 0.2) is 0 Å². The maximum atomic E-state index is 12.1. The molecular formula is C15H27N3O. The summed E-state index contributed by atoms with van der Waals surface area (Å²) in [5.41, 5.74) is 0. The Morgan fingerprint density at radius 2 is 1.84 bits per heavy atom. The number of fused-ring (bicyclic) bond motifs is 1. The number of nitrogens with one attached hydrogen (secondary N) is 2. The Labute approximate surface area is 116 Å². The molecule has 3 fully saturated rings. The zero-order valence-electron chi connectivity index (χ0n) is 11.9. The lowest BCUT2D eigenvalue weighted by Crippen LogP contribution is -2.44. The molecule has 1 aliphatic heterocycles. The summed E-state index contributed by atoms with van der Waals surface area (Å²) in [6, 6.07) is 0. The minimum absolute atomic E-state index is 0.345. The van der Waals surface area contributed by atoms with Crippen molar-refractivity contribution in [2.75, 3.05) is 39.3 Å². The molecule has 2 saturated carbocycles. The maximum Gasteiger partial charge on any atom is 0.223 e. The lowest BCUT2D eigenvalue weighted by atomic mass is 10.0. The van der Waals surface area contributed by atoms with E-state index in [0.717, 1.165) is 57.5 Å². The van der Waals surface area contributed by atoms with Gasteiger partial charge in [-0.15, -0.1) is 0 Å². The summed E-state index contributed by atoms with van der Waals surface area (Å²) < 4.78 is 0. The first-order chi connectivity index (χ1) is 9.36. The monoisotopic (exact) mass is 265 g/mol. The Bertz CT molecular complexity index is 303. The first kappa shape index (κ1) is 13.4. The summed E-state index contributed by atoms with van der Waals surface area (Å²) in [4.78, 5) is 14.6. The molecule has 3 aliphatic rings. The van der Waals surface area contributed by atoms with E-state index >= 15 is 0 Å². The first-order valence-electron chi connectivity index (χ1n) is 8.07. The van der Waals surface area contributed by atoms with Gasteiger partial charge in [-0.05, 0) is 37.6 Å². The van der Waals surface area contributed by atoms with E-state index in [1.54, 1.807) is 0 Å². The molecule has 2 aliphatic carbocycles. The predicted molar refractivity (Wildman–Crippen MR) is 75.9 cm³/mol. The molecule has 0 aromatic carbocycles. The number of rotatable bonds is 5. The molecule has 0 radical (unpaired) electrons. The van der Waals surface area contributed by atoms with E-state index in [4.69, 9.17) is 0 Å². The molecule has 108 valence electrons. The van der Waals surface area contributed by atoms with Crippen LogP contribution in [0.3, 0.4) is 0 Å². The van der Waals surface area contributed by atoms with Crippen molar-refractivity contribution in [3.05, 3.63) is 0 Å². The highest BCUT2D eigenvalue weighted by atomic mass is 16.2. The minimum atomic E-state index is 0.345. The van der Waals surface area contributed by atoms with Crippen molar-refractivity contribution >= 4 is 5.91 Å². The largest absolute Gasteiger partial charge is 0.356 e. The molecule has 1 saturated heterocycles. The van der Waals surface area contributed by atoms with Crippen LogP contribution in [0.2, 0.25) is 0 Å². The topological polar surface area (TPSA) is 44.4 Å². The smallest absolute Gasteiger partial charge is 0.223 e. The van der Waals surface area contributed by atoms with Crippen LogP contribution >= 0.6 is 0 Å². The summed E-state index contributed by atoms with van der Waals surface area (Å²) in [5, 5.41) is 6.52. The third kappa shape index (κ3) is 3.29. The molecule has 1 heterocycles. The van der Waals surface area contributed by atoms with Crippen molar-refractivity contribution in [1.29, 1.82) is 0 Å². The van der Waals surface area contributed by atoms with E-state index in [-0.39, 0.29) is 0 Å². The van der Waals surface area contributed by atoms with Crippen LogP contribution in [0.1, 0.15) is 32.1 Å². The molecule has 3 rings (SSSR count). The molecule has 0 spiro atoms. The second-order valence-electron chi connectivity index (χ2n) is 6.37. The third-order valence-corrected chi connectivity index (χ3v) is 5.12. The van der Waals surface area contributed by atoms with Gasteiger partial charge in [0.05, 0.1) is 0 Å². The number of nitrogens with zero attached hydrogens (tertiary/aromatic N) is 1. The number of piperazine rings is 1. The number of hydrogen-bond acceptors (Lipinski definition) is 3. The van der Waals surface area contributed by atoms with Crippen LogP contribution in [0.4, 0.5) is 0 Å². The maximum absolute atomic E-state index is 12.1. The van der Waals surface area contributed by atoms with Crippen LogP contribution < -0.4 is 10.6 Å². The van der Waals surface area contributed by atoms with Crippen LogP contribution in [0, 0.1) is 17.8 Å². The summed E-state index contributed by atoms with van der Waals surface area (Å²) in [6.07, 6.45) is 6.36. The fourth-order valence-electron chi connectivity index (χ4n) is 3.95. The first-order valence-corrected chi connectivity index (χ1v) is 8.07. The van der Waals surface area contributed by atoms with Crippen LogP contribution in [-0.4, -0.2) is 50.1 Å². The second-order valence-corrected chi connectivity index (χ2v) is 6.37. The standard InChI is InChI=1S/C15H27N3O/c19-15(14-12-4-1-2-5-13(12)14)17-6-3-9-18-10-7-16-8-11-18/h12-14,16H,1-11H2,(H,17,19). The summed E-state index contributed by atoms with van der Waals surface area (Å²) in [7, 11) is 0. The minimum Gasteiger partial charge on any atom is -0.356 e. The van der Waals surface area contributed by atoms with Gasteiger partial charge in [-0.1, -0.05) is 12.8 Å². The Kier molecular flexibility index (Phi) is 4.38. The molecule has 2 unspecified atom stereocenters. The SMILES string of the molecule is O=C(NCCCN1CCNCC1)C1C2CCCCC21. The Hall–Kier alpha value is -0.610. The molecule has 2 atom stereocenters. The van der Waals surface area contributed by atoms with Crippen molar-refractivity contribution < 1.29 is 4.79 Å². The molecule has 2 N–H and O–H groups in total. The van der Waals surface area contributed by atoms with Gasteiger partial charge in [0.15, 0.2) is 0 Å². The Balaban J connectivity index is 1.29. The molecule has 4 nitrogen and oxygen atoms in total. The average molecular weight is 265 g/mol. The van der Waals surface area contributed by atoms with Gasteiger partial charge >= 0.3 is 0 Å². The van der Waals surface area contributed by atoms with Crippen molar-refractivity contribution in [3.8, 4) is 0 Å². The highest BCUT2D eigenvalue weighted by Crippen LogP contribution is 2.55. The van der Waals surface area contributed by atoms with E-state index in [2.05, 4.69) is 15.5 Å². The molecule has 1 amide bonds. The molecule has 0 aromatic heterocycles. The Morgan fingerprint density at radius 1 is 1.16 bits per heavy atom. The van der Waals surface area contributed by atoms with Crippen LogP contribution in [0.25, 0.3) is 0 Å². The van der Waals surface area contributed by atoms with Gasteiger partial charge in [0.1, 0.15) is 0 Å². The van der Waals surface area contributed by atoms with Crippen molar-refractivity contribution in [3.63, 3.8) is 0 Å². The lowest BCUT2D eigenvalue weighted by molar-refractivity contribution is -0.122. The van der Waals surface area contributed by atoms with E-state index in [9.17, 15) is 4.79 Å². The quantitative estimate of drug-likeness (QED) is 0.724. The van der Waals surface area contributed by atoms with Crippen LogP contribution in [0.5, 0.6) is 0 Å². The van der Waals surface area contributed by atoms with Gasteiger partial charge in [-0.2, -0.15) is 0 Å². The van der Waals surface area contributed by atoms with Crippen molar-refractivity contribution in [1.82, 2.24) is 15.5 Å². The van der Waals surface area contributed by atoms with Crippen molar-refractivity contribution in [2.24, 2.45) is 17.8 Å². The normalized spacial score (nSPS) is 34.6. The van der Waals surface area contributed by atoms with Gasteiger partial charge in [0.2, 0.25) is 5.91 Å². The molecule has 4 heteroatoms. The summed E-state index contributed by atoms with van der Waals surface area (Å²) in [5.74, 6) is 2.20. The van der Waals surface area contributed by atoms with E-state index in [1.165, 1.54) is 25.7 Å². The highest BCUT2D eigenvalue weighted by Gasteiger charge is 2.54. The molecule has 19 heavy (non-hydrogen) atoms. The lowest BCUT2D eigenvalue weighted by Gasteiger charge is -2.27. The number of hydrogen-bond donors (Lipinski definition) is 2. The van der Waals surface area contributed by atoms with E-state index in [1.807, 2.05) is 0 Å². The highest BCUT2D eigenvalue weighted by molar-refractivity contribution is 5.82. The van der Waals surface area contributed by atoms with Gasteiger partial charge in [0.25, 0.3) is 0 Å². The second kappa shape index (κ2) is 6.23. The fourth-order valence-corrected chi connectivity index (χ4v) is 3.95. The summed E-state index contributed by atoms with van der Waals surface area (Å²) in [6.45, 7) is 6.51. The molecule has 0 bridgehead atoms. The van der Waals surface area contributed by atoms with Crippen molar-refractivity contribution in [2.45, 2.75) is 32.1 Å². The summed E-state index contributed by atoms with van der Waals surface area (Å²) >= 11 is 0. The molecular weight excluding hydrogens is 238 g/mol. The zero-order valence-corrected chi connectivity index (χ0v) is 11.9. The van der Waals surface area contributed by atoms with E-state index in [0.29, 0.717) is 11.8 Å². The third-order valence-electron chi connectivity index (χ3n) is 5.12.